The van der Waals surface area contributed by atoms with Crippen molar-refractivity contribution in [2.24, 2.45) is 7.05 Å². The molecule has 2 N–H and O–H groups in total. The van der Waals surface area contributed by atoms with Crippen molar-refractivity contribution in [2.75, 3.05) is 0 Å². The summed E-state index contributed by atoms with van der Waals surface area (Å²) in [5.74, 6) is -1.73. The Morgan fingerprint density at radius 1 is 1.07 bits per heavy atom. The fraction of sp³-hybridized carbons (Fsp3) is 0.346. The molecule has 2 aromatic heterocycles. The Kier molecular flexibility index (Phi) is 8.57. The van der Waals surface area contributed by atoms with Crippen LogP contribution in [0.2, 0.25) is 5.02 Å². The molecule has 0 saturated carbocycles. The molecule has 9 nitrogen and oxygen atoms in total. The summed E-state index contributed by atoms with van der Waals surface area (Å²) in [5.41, 5.74) is -2.61. The van der Waals surface area contributed by atoms with Gasteiger partial charge in [-0.2, -0.15) is 13.2 Å². The van der Waals surface area contributed by atoms with Crippen LogP contribution in [0.3, 0.4) is 0 Å². The van der Waals surface area contributed by atoms with E-state index in [9.17, 15) is 45.4 Å². The monoisotopic (exact) mass is 638 g/mol. The van der Waals surface area contributed by atoms with Gasteiger partial charge in [0.15, 0.2) is 34.9 Å². The van der Waals surface area contributed by atoms with Gasteiger partial charge in [0.05, 0.1) is 6.54 Å². The van der Waals surface area contributed by atoms with Crippen molar-refractivity contribution in [1.82, 2.24) is 19.1 Å². The molecule has 0 bridgehead atoms. The molecule has 0 aliphatic carbocycles. The molecule has 2 heterocycles. The average Bonchev–Trinajstić information content (AvgIpc) is 3.23. The van der Waals surface area contributed by atoms with Gasteiger partial charge in [0.1, 0.15) is 12.0 Å². The van der Waals surface area contributed by atoms with Crippen LogP contribution >= 0.6 is 11.6 Å². The van der Waals surface area contributed by atoms with E-state index in [1.54, 1.807) is 13.0 Å². The van der Waals surface area contributed by atoms with Crippen molar-refractivity contribution in [3.8, 4) is 22.9 Å². The van der Waals surface area contributed by atoms with Crippen LogP contribution < -0.4 is 20.7 Å². The molecule has 0 amide bonds. The fourth-order valence-corrected chi connectivity index (χ4v) is 4.44. The molecular weight excluding hydrogens is 617 g/mol. The number of halogens is 8. The van der Waals surface area contributed by atoms with E-state index in [-0.39, 0.29) is 22.0 Å². The summed E-state index contributed by atoms with van der Waals surface area (Å²) in [7, 11) is 1.23. The zero-order valence-electron chi connectivity index (χ0n) is 22.3. The Bertz CT molecular complexity index is 1780. The Morgan fingerprint density at radius 3 is 2.33 bits per heavy atom. The van der Waals surface area contributed by atoms with Crippen LogP contribution in [0.15, 0.2) is 46.0 Å². The Balaban J connectivity index is 1.84. The molecule has 4 rings (SSSR count). The van der Waals surface area contributed by atoms with Gasteiger partial charge in [0.25, 0.3) is 5.56 Å². The van der Waals surface area contributed by atoms with E-state index in [0.717, 1.165) is 23.6 Å². The first-order valence-electron chi connectivity index (χ1n) is 12.3. The number of nitrogens with zero attached hydrogens (tertiary/aromatic N) is 3. The van der Waals surface area contributed by atoms with Crippen molar-refractivity contribution in [3.63, 3.8) is 0 Å². The number of hydrogen-bond donors (Lipinski definition) is 2. The van der Waals surface area contributed by atoms with Crippen molar-refractivity contribution in [2.45, 2.75) is 51.3 Å². The largest absolute Gasteiger partial charge is 0.573 e. The molecule has 4 aromatic rings. The predicted octanol–water partition coefficient (Wildman–Crippen LogP) is 5.35. The highest BCUT2D eigenvalue weighted by Gasteiger charge is 2.39. The lowest BCUT2D eigenvalue weighted by atomic mass is 10.0. The third-order valence-corrected chi connectivity index (χ3v) is 6.78. The maximum atomic E-state index is 14.6. The molecule has 0 spiro atoms. The highest BCUT2D eigenvalue weighted by Crippen LogP contribution is 2.40. The molecular formula is C26H22ClF7N4O5. The molecule has 0 aliphatic heterocycles. The van der Waals surface area contributed by atoms with Crippen LogP contribution in [0.1, 0.15) is 24.2 Å². The lowest BCUT2D eigenvalue weighted by Crippen LogP contribution is -2.39. The van der Waals surface area contributed by atoms with Gasteiger partial charge >= 0.3 is 18.2 Å². The molecule has 2 aromatic carbocycles. The van der Waals surface area contributed by atoms with Crippen LogP contribution in [0, 0.1) is 6.92 Å². The minimum atomic E-state index is -5.24. The lowest BCUT2D eigenvalue weighted by molar-refractivity contribution is -0.275. The van der Waals surface area contributed by atoms with Gasteiger partial charge in [0.2, 0.25) is 0 Å². The minimum Gasteiger partial charge on any atom is -0.479 e. The molecule has 0 fully saturated rings. The van der Waals surface area contributed by atoms with Crippen molar-refractivity contribution in [1.29, 1.82) is 0 Å². The quantitative estimate of drug-likeness (QED) is 0.252. The first kappa shape index (κ1) is 31.9. The number of H-pyrrole nitrogens is 1. The standard InChI is InChI=1S/C26H22ClF7N4O5/c1-11-4-5-13(8-15(11)27)20(12(2)28)42-16-7-6-14(9-17(16)43-26(32,33)34)21-35-22-19(37(21)3)23(40)36-24(41)38(22)10-18(39)25(29,30)31/h4-9,12,18,20,39H,10H2,1-3H3,(H,36,40,41). The fourth-order valence-electron chi connectivity index (χ4n) is 4.25. The number of aromatic amines is 1. The minimum absolute atomic E-state index is 0.150. The highest BCUT2D eigenvalue weighted by atomic mass is 35.5. The molecule has 232 valence electrons. The molecule has 0 aliphatic rings. The highest BCUT2D eigenvalue weighted by molar-refractivity contribution is 6.31. The summed E-state index contributed by atoms with van der Waals surface area (Å²) in [6.45, 7) is 1.50. The van der Waals surface area contributed by atoms with Gasteiger partial charge in [-0.15, -0.1) is 13.2 Å². The second-order valence-corrected chi connectivity index (χ2v) is 9.94. The molecule has 43 heavy (non-hydrogen) atoms. The van der Waals surface area contributed by atoms with E-state index in [0.29, 0.717) is 10.1 Å². The van der Waals surface area contributed by atoms with Crippen molar-refractivity contribution in [3.05, 3.63) is 73.4 Å². The van der Waals surface area contributed by atoms with E-state index < -0.39 is 71.4 Å². The number of aliphatic hydroxyl groups excluding tert-OH is 1. The van der Waals surface area contributed by atoms with E-state index in [1.807, 2.05) is 4.98 Å². The number of ether oxygens (including phenoxy) is 2. The summed E-state index contributed by atoms with van der Waals surface area (Å²) in [6, 6.07) is 7.49. The van der Waals surface area contributed by atoms with E-state index in [1.165, 1.54) is 25.2 Å². The summed E-state index contributed by atoms with van der Waals surface area (Å²) >= 11 is 6.13. The second-order valence-electron chi connectivity index (χ2n) is 9.53. The maximum absolute atomic E-state index is 14.6. The van der Waals surface area contributed by atoms with Gasteiger partial charge in [-0.25, -0.2) is 14.2 Å². The number of fused-ring (bicyclic) bond motifs is 1. The first-order valence-corrected chi connectivity index (χ1v) is 12.7. The van der Waals surface area contributed by atoms with E-state index in [2.05, 4.69) is 9.72 Å². The summed E-state index contributed by atoms with van der Waals surface area (Å²) in [4.78, 5) is 30.7. The molecule has 0 saturated heterocycles. The van der Waals surface area contributed by atoms with Crippen LogP contribution in [0.5, 0.6) is 11.5 Å². The van der Waals surface area contributed by atoms with Crippen LogP contribution in [-0.4, -0.2) is 49.0 Å². The number of imidazole rings is 1. The van der Waals surface area contributed by atoms with Gasteiger partial charge < -0.3 is 19.1 Å². The van der Waals surface area contributed by atoms with Gasteiger partial charge in [0, 0.05) is 17.6 Å². The zero-order chi connectivity index (χ0) is 32.0. The lowest BCUT2D eigenvalue weighted by Gasteiger charge is -2.23. The Labute approximate surface area is 242 Å². The summed E-state index contributed by atoms with van der Waals surface area (Å²) in [5, 5.41) is 9.77. The van der Waals surface area contributed by atoms with E-state index in [4.69, 9.17) is 16.3 Å². The van der Waals surface area contributed by atoms with Crippen LogP contribution in [-0.2, 0) is 13.6 Å². The number of hydrogen-bond acceptors (Lipinski definition) is 6. The number of benzene rings is 2. The molecule has 0 radical (unpaired) electrons. The van der Waals surface area contributed by atoms with Gasteiger partial charge in [-0.3, -0.25) is 14.3 Å². The third-order valence-electron chi connectivity index (χ3n) is 6.37. The molecule has 17 heteroatoms. The van der Waals surface area contributed by atoms with Crippen molar-refractivity contribution < 1.29 is 45.3 Å². The maximum Gasteiger partial charge on any atom is 0.573 e. The molecule has 3 atom stereocenters. The number of alkyl halides is 7. The topological polar surface area (TPSA) is 111 Å². The molecule has 3 unspecified atom stereocenters. The SMILES string of the molecule is Cc1ccc(C(Oc2ccc(-c3nc4c(c(=O)[nH]c(=O)n4CC(O)C(F)(F)F)n3C)cc2OC(F)(F)F)C(C)F)cc1Cl. The summed E-state index contributed by atoms with van der Waals surface area (Å²) in [6.07, 6.45) is -16.5. The third kappa shape index (κ3) is 6.80. The van der Waals surface area contributed by atoms with Gasteiger partial charge in [-0.05, 0) is 49.2 Å². The predicted molar refractivity (Wildman–Crippen MR) is 140 cm³/mol. The summed E-state index contributed by atoms with van der Waals surface area (Å²) < 4.78 is 105. The van der Waals surface area contributed by atoms with Crippen LogP contribution in [0.25, 0.3) is 22.6 Å². The Morgan fingerprint density at radius 2 is 1.74 bits per heavy atom. The van der Waals surface area contributed by atoms with Crippen molar-refractivity contribution >= 4 is 22.8 Å². The average molecular weight is 639 g/mol. The smallest absolute Gasteiger partial charge is 0.479 e. The number of rotatable bonds is 8. The number of aromatic nitrogens is 4. The van der Waals surface area contributed by atoms with Crippen LogP contribution in [0.4, 0.5) is 30.7 Å². The number of aliphatic hydroxyl groups is 1. The van der Waals surface area contributed by atoms with E-state index >= 15 is 0 Å². The normalized spacial score (nSPS) is 14.5. The number of aryl methyl sites for hydroxylation is 2. The number of nitrogens with one attached hydrogen (secondary N) is 1. The zero-order valence-corrected chi connectivity index (χ0v) is 23.1. The second kappa shape index (κ2) is 11.6. The Hall–Kier alpha value is -4.05. The first-order chi connectivity index (χ1) is 19.9. The van der Waals surface area contributed by atoms with Gasteiger partial charge in [-0.1, -0.05) is 23.7 Å².